The smallest absolute Gasteiger partial charge is 0.336 e. The zero-order chi connectivity index (χ0) is 38.7. The third kappa shape index (κ3) is 8.95. The molecular formula is C41H32O8S5. The molecule has 6 aromatic rings. The molecule has 0 amide bonds. The quantitative estimate of drug-likeness (QED) is 0.0749. The maximum absolute atomic E-state index is 12.0. The monoisotopic (exact) mass is 812 g/mol. The SMILES string of the molecule is C=C(/C=C\C(C)=C/CC(=O)O)c1ccc(-c2cc(CC(=O)O)c(-c3ccc(-c4sc(-c5ccc(-c6ccc(C)cc6C(=O)O)s5)cc4CC(=O)O)s3)s2)s1. The van der Waals surface area contributed by atoms with Gasteiger partial charge < -0.3 is 20.4 Å². The molecule has 0 spiro atoms. The summed E-state index contributed by atoms with van der Waals surface area (Å²) >= 11 is 7.45. The third-order valence-corrected chi connectivity index (χ3v) is 14.7. The van der Waals surface area contributed by atoms with Crippen LogP contribution in [-0.4, -0.2) is 44.3 Å². The molecule has 0 unspecified atom stereocenters. The van der Waals surface area contributed by atoms with Gasteiger partial charge in [0.15, 0.2) is 0 Å². The minimum absolute atomic E-state index is 0.0576. The first-order valence-electron chi connectivity index (χ1n) is 16.4. The molecule has 5 aromatic heterocycles. The Hall–Kier alpha value is -5.18. The first-order chi connectivity index (χ1) is 25.7. The Morgan fingerprint density at radius 3 is 1.72 bits per heavy atom. The number of aryl methyl sites for hydroxylation is 1. The summed E-state index contributed by atoms with van der Waals surface area (Å²) in [6.45, 7) is 7.84. The fourth-order valence-corrected chi connectivity index (χ4v) is 11.4. The second kappa shape index (κ2) is 16.5. The van der Waals surface area contributed by atoms with Crippen molar-refractivity contribution in [1.29, 1.82) is 0 Å². The molecule has 13 heteroatoms. The lowest BCUT2D eigenvalue weighted by atomic mass is 10.0. The van der Waals surface area contributed by atoms with E-state index in [2.05, 4.69) is 6.58 Å². The van der Waals surface area contributed by atoms with Gasteiger partial charge in [0, 0.05) is 54.3 Å². The molecule has 274 valence electrons. The van der Waals surface area contributed by atoms with Crippen molar-refractivity contribution in [2.75, 3.05) is 0 Å². The zero-order valence-electron chi connectivity index (χ0n) is 28.9. The highest BCUT2D eigenvalue weighted by atomic mass is 32.1. The van der Waals surface area contributed by atoms with E-state index < -0.39 is 23.9 Å². The van der Waals surface area contributed by atoms with Crippen LogP contribution in [0.2, 0.25) is 0 Å². The fraction of sp³-hybridized carbons (Fsp3) is 0.122. The van der Waals surface area contributed by atoms with Gasteiger partial charge in [0.05, 0.1) is 24.8 Å². The Morgan fingerprint density at radius 2 is 1.15 bits per heavy atom. The number of carboxylic acids is 4. The number of carboxylic acid groups (broad SMARTS) is 4. The Balaban J connectivity index is 1.30. The molecule has 1 aromatic carbocycles. The molecule has 0 fully saturated rings. The third-order valence-electron chi connectivity index (χ3n) is 8.19. The molecule has 0 saturated carbocycles. The summed E-state index contributed by atoms with van der Waals surface area (Å²) in [5.74, 6) is -3.80. The van der Waals surface area contributed by atoms with Gasteiger partial charge in [0.25, 0.3) is 0 Å². The number of hydrogen-bond donors (Lipinski definition) is 4. The standard InChI is InChI=1S/C41H32O8S5/c1-21(6-15-36(42)43)4-7-23(3)28-9-11-30(50-28)34-17-24(19-37(44)45)39(53-34)32-13-14-33(52-32)40-25(20-38(46)47)18-35(54-40)31-12-10-29(51-31)26-8-5-22(2)16-27(26)41(48)49/h4-14,16-18H,3,15,19-20H2,1-2H3,(H,42,43)(H,44,45)(H,46,47)(H,48,49)/b7-4-,21-6-. The normalized spacial score (nSPS) is 11.7. The topological polar surface area (TPSA) is 149 Å². The zero-order valence-corrected chi connectivity index (χ0v) is 33.0. The maximum Gasteiger partial charge on any atom is 0.336 e. The molecule has 0 saturated heterocycles. The van der Waals surface area contributed by atoms with E-state index in [1.807, 2.05) is 86.7 Å². The van der Waals surface area contributed by atoms with Crippen molar-refractivity contribution in [2.24, 2.45) is 0 Å². The average molecular weight is 813 g/mol. The summed E-state index contributed by atoms with van der Waals surface area (Å²) in [6, 6.07) is 20.8. The second-order valence-corrected chi connectivity index (χ2v) is 17.7. The van der Waals surface area contributed by atoms with Gasteiger partial charge in [0.2, 0.25) is 0 Å². The maximum atomic E-state index is 12.0. The van der Waals surface area contributed by atoms with E-state index in [-0.39, 0.29) is 24.8 Å². The van der Waals surface area contributed by atoms with E-state index in [0.717, 1.165) is 65.5 Å². The predicted octanol–water partition coefficient (Wildman–Crippen LogP) is 11.6. The van der Waals surface area contributed by atoms with Crippen molar-refractivity contribution in [3.8, 4) is 49.5 Å². The summed E-state index contributed by atoms with van der Waals surface area (Å²) < 4.78 is 0. The van der Waals surface area contributed by atoms with Crippen LogP contribution in [0.4, 0.5) is 0 Å². The van der Waals surface area contributed by atoms with Crippen LogP contribution in [0.25, 0.3) is 55.0 Å². The first-order valence-corrected chi connectivity index (χ1v) is 20.4. The largest absolute Gasteiger partial charge is 0.481 e. The average Bonchev–Trinajstić information content (AvgIpc) is 3.95. The second-order valence-electron chi connectivity index (χ2n) is 12.3. The molecule has 0 aliphatic rings. The number of aromatic carboxylic acids is 1. The van der Waals surface area contributed by atoms with Crippen molar-refractivity contribution in [3.63, 3.8) is 0 Å². The van der Waals surface area contributed by atoms with Crippen LogP contribution in [0, 0.1) is 6.92 Å². The van der Waals surface area contributed by atoms with Crippen molar-refractivity contribution in [1.82, 2.24) is 0 Å². The molecule has 54 heavy (non-hydrogen) atoms. The molecule has 0 aliphatic heterocycles. The van der Waals surface area contributed by atoms with Crippen LogP contribution in [0.15, 0.2) is 97.1 Å². The van der Waals surface area contributed by atoms with E-state index in [0.29, 0.717) is 16.7 Å². The number of carbonyl (C=O) groups is 4. The number of benzene rings is 1. The number of thiophene rings is 5. The Bertz CT molecular complexity index is 2500. The molecule has 0 radical (unpaired) electrons. The van der Waals surface area contributed by atoms with E-state index in [1.165, 1.54) is 56.7 Å². The van der Waals surface area contributed by atoms with Gasteiger partial charge in [0.1, 0.15) is 0 Å². The molecule has 8 nitrogen and oxygen atoms in total. The van der Waals surface area contributed by atoms with Crippen LogP contribution >= 0.6 is 56.7 Å². The van der Waals surface area contributed by atoms with Crippen LogP contribution in [0.3, 0.4) is 0 Å². The molecule has 5 heterocycles. The number of aliphatic carboxylic acids is 3. The highest BCUT2D eigenvalue weighted by Gasteiger charge is 2.22. The Kier molecular flexibility index (Phi) is 11.7. The van der Waals surface area contributed by atoms with Crippen LogP contribution in [0.5, 0.6) is 0 Å². The lowest BCUT2D eigenvalue weighted by molar-refractivity contribution is -0.137. The predicted molar refractivity (Wildman–Crippen MR) is 222 cm³/mol. The lowest BCUT2D eigenvalue weighted by Gasteiger charge is -2.04. The highest BCUT2D eigenvalue weighted by Crippen LogP contribution is 2.49. The van der Waals surface area contributed by atoms with Crippen molar-refractivity contribution < 1.29 is 39.6 Å². The van der Waals surface area contributed by atoms with Crippen molar-refractivity contribution in [3.05, 3.63) is 124 Å². The van der Waals surface area contributed by atoms with Crippen molar-refractivity contribution in [2.45, 2.75) is 33.1 Å². The molecule has 0 atom stereocenters. The molecule has 0 bridgehead atoms. The van der Waals surface area contributed by atoms with E-state index >= 15 is 0 Å². The van der Waals surface area contributed by atoms with E-state index in [4.69, 9.17) is 5.11 Å². The summed E-state index contributed by atoms with van der Waals surface area (Å²) in [5, 5.41) is 38.3. The fourth-order valence-electron chi connectivity index (χ4n) is 5.63. The first kappa shape index (κ1) is 38.5. The van der Waals surface area contributed by atoms with Crippen LogP contribution in [0.1, 0.15) is 45.3 Å². The van der Waals surface area contributed by atoms with Gasteiger partial charge in [-0.3, -0.25) is 14.4 Å². The summed E-state index contributed by atoms with van der Waals surface area (Å²) in [5.41, 5.74) is 4.64. The Morgan fingerprint density at radius 1 is 0.611 bits per heavy atom. The van der Waals surface area contributed by atoms with Gasteiger partial charge in [-0.2, -0.15) is 0 Å². The lowest BCUT2D eigenvalue weighted by Crippen LogP contribution is -1.99. The molecule has 0 aliphatic carbocycles. The molecular weight excluding hydrogens is 781 g/mol. The number of hydrogen-bond acceptors (Lipinski definition) is 9. The molecule has 6 rings (SSSR count). The van der Waals surface area contributed by atoms with Gasteiger partial charge in [-0.1, -0.05) is 48.1 Å². The number of rotatable bonds is 15. The number of allylic oxidation sites excluding steroid dienone is 4. The van der Waals surface area contributed by atoms with E-state index in [9.17, 15) is 34.5 Å². The van der Waals surface area contributed by atoms with Gasteiger partial charge in [-0.05, 0) is 85.1 Å². The Labute approximate surface area is 330 Å². The summed E-state index contributed by atoms with van der Waals surface area (Å²) in [7, 11) is 0. The van der Waals surface area contributed by atoms with Gasteiger partial charge in [-0.15, -0.1) is 56.7 Å². The summed E-state index contributed by atoms with van der Waals surface area (Å²) in [4.78, 5) is 55.5. The highest BCUT2D eigenvalue weighted by molar-refractivity contribution is 7.30. The van der Waals surface area contributed by atoms with Crippen LogP contribution in [-0.2, 0) is 27.2 Å². The molecule has 4 N–H and O–H groups in total. The summed E-state index contributed by atoms with van der Waals surface area (Å²) in [6.07, 6.45) is 4.91. The van der Waals surface area contributed by atoms with E-state index in [1.54, 1.807) is 12.1 Å². The van der Waals surface area contributed by atoms with Crippen LogP contribution < -0.4 is 0 Å². The minimum atomic E-state index is -1.00. The minimum Gasteiger partial charge on any atom is -0.481 e. The van der Waals surface area contributed by atoms with Crippen molar-refractivity contribution >= 4 is 86.1 Å². The van der Waals surface area contributed by atoms with Gasteiger partial charge in [-0.25, -0.2) is 4.79 Å². The van der Waals surface area contributed by atoms with Gasteiger partial charge >= 0.3 is 23.9 Å².